The summed E-state index contributed by atoms with van der Waals surface area (Å²) in [6.45, 7) is 0. The van der Waals surface area contributed by atoms with Crippen molar-refractivity contribution < 1.29 is 8.42 Å². The highest BCUT2D eigenvalue weighted by Gasteiger charge is 2.53. The SMILES string of the molecule is O=S(=O)(Cl)C1(Cc2ccccc2Br)CC1. The van der Waals surface area contributed by atoms with Gasteiger partial charge in [-0.15, -0.1) is 0 Å². The highest BCUT2D eigenvalue weighted by Crippen LogP contribution is 2.48. The quantitative estimate of drug-likeness (QED) is 0.804. The summed E-state index contributed by atoms with van der Waals surface area (Å²) < 4.78 is 23.0. The fourth-order valence-corrected chi connectivity index (χ4v) is 3.60. The number of hydrogen-bond acceptors (Lipinski definition) is 2. The Bertz CT molecular complexity index is 480. The Labute approximate surface area is 102 Å². The van der Waals surface area contributed by atoms with Gasteiger partial charge in [0.15, 0.2) is 0 Å². The van der Waals surface area contributed by atoms with Crippen LogP contribution in [0.25, 0.3) is 0 Å². The van der Waals surface area contributed by atoms with E-state index >= 15 is 0 Å². The van der Waals surface area contributed by atoms with E-state index in [9.17, 15) is 8.42 Å². The molecule has 1 aromatic carbocycles. The average Bonchev–Trinajstić information content (AvgIpc) is 2.89. The first-order valence-electron chi connectivity index (χ1n) is 4.62. The van der Waals surface area contributed by atoms with E-state index in [0.717, 1.165) is 10.0 Å². The predicted octanol–water partition coefficient (Wildman–Crippen LogP) is 3.09. The van der Waals surface area contributed by atoms with Crippen molar-refractivity contribution in [2.24, 2.45) is 0 Å². The molecule has 1 saturated carbocycles. The maximum Gasteiger partial charge on any atom is 0.238 e. The number of benzene rings is 1. The second kappa shape index (κ2) is 3.75. The van der Waals surface area contributed by atoms with Gasteiger partial charge in [0.05, 0.1) is 4.75 Å². The molecular weight excluding hydrogens is 300 g/mol. The van der Waals surface area contributed by atoms with E-state index in [1.165, 1.54) is 0 Å². The van der Waals surface area contributed by atoms with Gasteiger partial charge in [0, 0.05) is 15.2 Å². The summed E-state index contributed by atoms with van der Waals surface area (Å²) in [6, 6.07) is 7.64. The van der Waals surface area contributed by atoms with E-state index in [4.69, 9.17) is 10.7 Å². The molecule has 0 amide bonds. The molecule has 82 valence electrons. The zero-order valence-corrected chi connectivity index (χ0v) is 11.1. The lowest BCUT2D eigenvalue weighted by atomic mass is 10.1. The molecule has 0 unspecified atom stereocenters. The lowest BCUT2D eigenvalue weighted by Gasteiger charge is -2.12. The molecule has 1 aliphatic carbocycles. The fourth-order valence-electron chi connectivity index (χ4n) is 1.64. The summed E-state index contributed by atoms with van der Waals surface area (Å²) >= 11 is 3.41. The summed E-state index contributed by atoms with van der Waals surface area (Å²) in [5, 5.41) is 0. The summed E-state index contributed by atoms with van der Waals surface area (Å²) in [4.78, 5) is 0. The third kappa shape index (κ3) is 2.22. The van der Waals surface area contributed by atoms with Gasteiger partial charge in [0.25, 0.3) is 0 Å². The molecule has 15 heavy (non-hydrogen) atoms. The molecule has 0 spiro atoms. The Hall–Kier alpha value is -0.0600. The zero-order valence-electron chi connectivity index (χ0n) is 7.91. The third-order valence-electron chi connectivity index (χ3n) is 2.80. The minimum Gasteiger partial charge on any atom is -0.212 e. The molecule has 1 aliphatic rings. The summed E-state index contributed by atoms with van der Waals surface area (Å²) in [7, 11) is 1.99. The minimum absolute atomic E-state index is 0.500. The summed E-state index contributed by atoms with van der Waals surface area (Å²) in [5.74, 6) is 0. The highest BCUT2D eigenvalue weighted by atomic mass is 79.9. The smallest absolute Gasteiger partial charge is 0.212 e. The van der Waals surface area contributed by atoms with Crippen LogP contribution in [0.15, 0.2) is 28.7 Å². The molecular formula is C10H10BrClO2S. The maximum atomic E-state index is 11.4. The number of hydrogen-bond donors (Lipinski definition) is 0. The van der Waals surface area contributed by atoms with Gasteiger partial charge in [-0.05, 0) is 30.9 Å². The van der Waals surface area contributed by atoms with Crippen LogP contribution in [0.5, 0.6) is 0 Å². The summed E-state index contributed by atoms with van der Waals surface area (Å²) in [6.07, 6.45) is 1.83. The van der Waals surface area contributed by atoms with Crippen molar-refractivity contribution in [1.29, 1.82) is 0 Å². The van der Waals surface area contributed by atoms with Crippen LogP contribution in [0, 0.1) is 0 Å². The number of rotatable bonds is 3. The van der Waals surface area contributed by atoms with Crippen molar-refractivity contribution in [3.63, 3.8) is 0 Å². The van der Waals surface area contributed by atoms with Gasteiger partial charge in [-0.1, -0.05) is 34.1 Å². The molecule has 0 bridgehead atoms. The molecule has 0 aliphatic heterocycles. The van der Waals surface area contributed by atoms with Gasteiger partial charge in [-0.3, -0.25) is 0 Å². The molecule has 1 fully saturated rings. The van der Waals surface area contributed by atoms with Crippen LogP contribution in [0.3, 0.4) is 0 Å². The van der Waals surface area contributed by atoms with Crippen LogP contribution in [0.2, 0.25) is 0 Å². The van der Waals surface area contributed by atoms with E-state index < -0.39 is 13.8 Å². The monoisotopic (exact) mass is 308 g/mol. The highest BCUT2D eigenvalue weighted by molar-refractivity contribution is 9.10. The largest absolute Gasteiger partial charge is 0.238 e. The molecule has 0 saturated heterocycles. The van der Waals surface area contributed by atoms with Crippen LogP contribution in [0.4, 0.5) is 0 Å². The van der Waals surface area contributed by atoms with Gasteiger partial charge >= 0.3 is 0 Å². The molecule has 2 nitrogen and oxygen atoms in total. The lowest BCUT2D eigenvalue weighted by molar-refractivity contribution is 0.590. The van der Waals surface area contributed by atoms with E-state index in [1.807, 2.05) is 24.3 Å². The van der Waals surface area contributed by atoms with Gasteiger partial charge in [0.2, 0.25) is 9.05 Å². The zero-order chi connectivity index (χ0) is 11.1. The Morgan fingerprint density at radius 3 is 2.40 bits per heavy atom. The van der Waals surface area contributed by atoms with Crippen LogP contribution in [-0.2, 0) is 15.5 Å². The Morgan fingerprint density at radius 2 is 1.93 bits per heavy atom. The van der Waals surface area contributed by atoms with Gasteiger partial charge in [-0.25, -0.2) is 8.42 Å². The van der Waals surface area contributed by atoms with Crippen molar-refractivity contribution in [3.8, 4) is 0 Å². The first kappa shape index (κ1) is 11.4. The van der Waals surface area contributed by atoms with Crippen LogP contribution in [-0.4, -0.2) is 13.2 Å². The van der Waals surface area contributed by atoms with Crippen molar-refractivity contribution in [2.75, 3.05) is 0 Å². The average molecular weight is 310 g/mol. The van der Waals surface area contributed by atoms with E-state index in [0.29, 0.717) is 19.3 Å². The normalized spacial score (nSPS) is 18.8. The lowest BCUT2D eigenvalue weighted by Crippen LogP contribution is -2.21. The van der Waals surface area contributed by atoms with Gasteiger partial charge < -0.3 is 0 Å². The van der Waals surface area contributed by atoms with E-state index in [-0.39, 0.29) is 0 Å². The number of halogens is 2. The molecule has 5 heteroatoms. The molecule has 0 radical (unpaired) electrons. The van der Waals surface area contributed by atoms with Crippen LogP contribution < -0.4 is 0 Å². The van der Waals surface area contributed by atoms with Crippen LogP contribution in [0.1, 0.15) is 18.4 Å². The molecule has 0 heterocycles. The van der Waals surface area contributed by atoms with Gasteiger partial charge in [0.1, 0.15) is 0 Å². The maximum absolute atomic E-state index is 11.4. The molecule has 0 N–H and O–H groups in total. The van der Waals surface area contributed by atoms with Crippen molar-refractivity contribution in [3.05, 3.63) is 34.3 Å². The topological polar surface area (TPSA) is 34.1 Å². The predicted molar refractivity (Wildman–Crippen MR) is 64.6 cm³/mol. The first-order chi connectivity index (χ1) is 6.95. The van der Waals surface area contributed by atoms with E-state index in [2.05, 4.69) is 15.9 Å². The molecule has 0 aromatic heterocycles. The van der Waals surface area contributed by atoms with Crippen molar-refractivity contribution in [2.45, 2.75) is 24.0 Å². The third-order valence-corrected chi connectivity index (χ3v) is 6.14. The second-order valence-electron chi connectivity index (χ2n) is 3.89. The molecule has 1 aromatic rings. The fraction of sp³-hybridized carbons (Fsp3) is 0.400. The Balaban J connectivity index is 2.28. The summed E-state index contributed by atoms with van der Waals surface area (Å²) in [5.41, 5.74) is 0.999. The Kier molecular flexibility index (Phi) is 2.86. The Morgan fingerprint density at radius 1 is 1.33 bits per heavy atom. The first-order valence-corrected chi connectivity index (χ1v) is 7.72. The molecule has 0 atom stereocenters. The minimum atomic E-state index is -3.45. The standard InChI is InChI=1S/C10H10BrClO2S/c11-9-4-2-1-3-8(9)7-10(5-6-10)15(12,13)14/h1-4H,5-7H2. The van der Waals surface area contributed by atoms with Crippen molar-refractivity contribution >= 4 is 35.7 Å². The second-order valence-corrected chi connectivity index (χ2v) is 7.70. The molecule has 2 rings (SSSR count). The van der Waals surface area contributed by atoms with Crippen molar-refractivity contribution in [1.82, 2.24) is 0 Å². The van der Waals surface area contributed by atoms with Gasteiger partial charge in [-0.2, -0.15) is 0 Å². The van der Waals surface area contributed by atoms with E-state index in [1.54, 1.807) is 0 Å². The van der Waals surface area contributed by atoms with Crippen LogP contribution >= 0.6 is 26.6 Å².